The number of carboxylic acids is 1. The van der Waals surface area contributed by atoms with Crippen LogP contribution < -0.4 is 0 Å². The molecule has 1 rings (SSSR count). The minimum atomic E-state index is -2.42. The molecule has 1 aliphatic carbocycles. The first-order valence-electron chi connectivity index (χ1n) is 3.88. The molecule has 5 heteroatoms. The Hall–Kier alpha value is -0.910. The maximum absolute atomic E-state index is 10.4. The predicted molar refractivity (Wildman–Crippen MR) is 38.4 cm³/mol. The molecule has 0 fully saturated rings. The van der Waals surface area contributed by atoms with Crippen LogP contribution in [0.2, 0.25) is 0 Å². The Kier molecular flexibility index (Phi) is 2.07. The third kappa shape index (κ3) is 1.63. The van der Waals surface area contributed by atoms with E-state index in [1.54, 1.807) is 0 Å². The zero-order valence-corrected chi connectivity index (χ0v) is 6.14. The van der Waals surface area contributed by atoms with Crippen LogP contribution in [0.1, 0.15) is 7.79 Å². The molecule has 3 atom stereocenters. The van der Waals surface area contributed by atoms with E-state index in [0.717, 1.165) is 6.08 Å². The van der Waals surface area contributed by atoms with Crippen molar-refractivity contribution < 1.29 is 26.6 Å². The molecule has 0 saturated heterocycles. The largest absolute Gasteiger partial charge is 0.478 e. The van der Waals surface area contributed by atoms with Crippen molar-refractivity contribution in [3.63, 3.8) is 0 Å². The minimum absolute atomic E-state index is 0.197. The Labute approximate surface area is 70.0 Å². The van der Waals surface area contributed by atoms with Gasteiger partial charge in [0.15, 0.2) is 0 Å². The number of hydrogen-bond donors (Lipinski definition) is 4. The molecule has 0 radical (unpaired) electrons. The van der Waals surface area contributed by atoms with Crippen molar-refractivity contribution in [1.29, 1.82) is 0 Å². The Morgan fingerprint density at radius 2 is 2.17 bits per heavy atom. The number of carboxylic acid groups (broad SMARTS) is 1. The second kappa shape index (κ2) is 3.22. The van der Waals surface area contributed by atoms with Gasteiger partial charge in [-0.3, -0.25) is 0 Å². The normalized spacial score (nSPS) is 43.2. The van der Waals surface area contributed by atoms with Gasteiger partial charge < -0.3 is 20.4 Å². The van der Waals surface area contributed by atoms with E-state index in [2.05, 4.69) is 0 Å². The Morgan fingerprint density at radius 1 is 1.58 bits per heavy atom. The first kappa shape index (κ1) is 7.72. The third-order valence-corrected chi connectivity index (χ3v) is 1.69. The lowest BCUT2D eigenvalue weighted by Crippen LogP contribution is -2.40. The highest BCUT2D eigenvalue weighted by atomic mass is 16.4. The van der Waals surface area contributed by atoms with Gasteiger partial charge in [-0.25, -0.2) is 4.79 Å². The maximum atomic E-state index is 10.4. The van der Waals surface area contributed by atoms with Gasteiger partial charge in [-0.15, -0.1) is 0 Å². The van der Waals surface area contributed by atoms with Crippen molar-refractivity contribution in [3.8, 4) is 0 Å². The van der Waals surface area contributed by atoms with E-state index < -0.39 is 24.3 Å². The van der Waals surface area contributed by atoms with E-state index in [0.29, 0.717) is 0 Å². The monoisotopic (exact) mass is 175 g/mol. The summed E-state index contributed by atoms with van der Waals surface area (Å²) in [7, 11) is 0. The molecule has 0 aromatic heterocycles. The molecule has 0 aliphatic heterocycles. The van der Waals surface area contributed by atoms with E-state index >= 15 is 0 Å². The molecule has 4 N–H and O–H groups in total. The molecule has 0 unspecified atom stereocenters. The van der Waals surface area contributed by atoms with Crippen molar-refractivity contribution in [1.82, 2.24) is 0 Å². The van der Waals surface area contributed by atoms with E-state index in [9.17, 15) is 4.79 Å². The van der Waals surface area contributed by atoms with E-state index in [1.807, 2.05) is 0 Å². The number of carbonyl (C=O) groups is 1. The molecule has 0 saturated carbocycles. The fourth-order valence-corrected chi connectivity index (χ4v) is 1.01. The lowest BCUT2D eigenvalue weighted by atomic mass is 9.92. The smallest absolute Gasteiger partial charge is 0.331 e. The average molecular weight is 175 g/mol. The van der Waals surface area contributed by atoms with Crippen LogP contribution in [0, 0.1) is 0 Å². The summed E-state index contributed by atoms with van der Waals surface area (Å²) in [6.45, 7) is 0. The molecule has 5 nitrogen and oxygen atoms in total. The highest BCUT2D eigenvalue weighted by molar-refractivity contribution is 5.87. The Morgan fingerprint density at radius 3 is 2.58 bits per heavy atom. The van der Waals surface area contributed by atoms with E-state index in [-0.39, 0.29) is 12.0 Å². The molecule has 0 aromatic rings. The lowest BCUT2D eigenvalue weighted by Gasteiger charge is -2.25. The highest BCUT2D eigenvalue weighted by Crippen LogP contribution is 2.19. The molecule has 0 spiro atoms. The van der Waals surface area contributed by atoms with Crippen LogP contribution in [0.5, 0.6) is 0 Å². The highest BCUT2D eigenvalue weighted by Gasteiger charge is 2.31. The molecule has 0 amide bonds. The van der Waals surface area contributed by atoms with Crippen LogP contribution in [-0.4, -0.2) is 44.7 Å². The van der Waals surface area contributed by atoms with E-state index in [4.69, 9.17) is 21.8 Å². The van der Waals surface area contributed by atoms with Crippen LogP contribution in [0.4, 0.5) is 0 Å². The summed E-state index contributed by atoms with van der Waals surface area (Å²) in [5.41, 5.74) is -0.197. The number of hydrogen-bond acceptors (Lipinski definition) is 4. The minimum Gasteiger partial charge on any atom is -0.478 e. The number of rotatable bonds is 1. The lowest BCUT2D eigenvalue weighted by molar-refractivity contribution is -0.134. The Balaban J connectivity index is 2.95. The van der Waals surface area contributed by atoms with Crippen molar-refractivity contribution in [2.45, 2.75) is 24.7 Å². The number of aliphatic hydroxyl groups is 3. The van der Waals surface area contributed by atoms with Gasteiger partial charge in [0.1, 0.15) is 12.2 Å². The molecule has 12 heavy (non-hydrogen) atoms. The van der Waals surface area contributed by atoms with Gasteiger partial charge in [-0.2, -0.15) is 0 Å². The van der Waals surface area contributed by atoms with Gasteiger partial charge in [-0.1, -0.05) is 0 Å². The fraction of sp³-hybridized carbons (Fsp3) is 0.571. The summed E-state index contributed by atoms with van der Waals surface area (Å²) in [4.78, 5) is 10.4. The molecule has 68 valence electrons. The average Bonchev–Trinajstić information content (AvgIpc) is 2.00. The van der Waals surface area contributed by atoms with Crippen molar-refractivity contribution >= 4 is 5.97 Å². The van der Waals surface area contributed by atoms with Crippen LogP contribution in [0.15, 0.2) is 11.6 Å². The number of aliphatic carboxylic acids is 1. The zero-order chi connectivity index (χ0) is 10.2. The first-order valence-corrected chi connectivity index (χ1v) is 3.38. The van der Waals surface area contributed by atoms with Gasteiger partial charge in [0.25, 0.3) is 0 Å². The van der Waals surface area contributed by atoms with Crippen molar-refractivity contribution in [2.75, 3.05) is 0 Å². The second-order valence-electron chi connectivity index (χ2n) is 2.59. The van der Waals surface area contributed by atoms with E-state index in [1.165, 1.54) is 0 Å². The SMILES string of the molecule is [2H][C@@]1(O)[C@H](O)C=C(C(=O)O)C[C@H]1O. The maximum Gasteiger partial charge on any atom is 0.331 e. The summed E-state index contributed by atoms with van der Waals surface area (Å²) >= 11 is 0. The Bertz CT molecular complexity index is 260. The first-order chi connectivity index (χ1) is 5.85. The quantitative estimate of drug-likeness (QED) is 0.388. The predicted octanol–water partition coefficient (Wildman–Crippen LogP) is -1.52. The van der Waals surface area contributed by atoms with Gasteiger partial charge >= 0.3 is 5.97 Å². The molecular formula is C7H10O5. The number of aliphatic hydroxyl groups excluding tert-OH is 2. The third-order valence-electron chi connectivity index (χ3n) is 1.69. The summed E-state index contributed by atoms with van der Waals surface area (Å²) in [5.74, 6) is -1.27. The summed E-state index contributed by atoms with van der Waals surface area (Å²) in [5, 5.41) is 35.9. The van der Waals surface area contributed by atoms with Crippen molar-refractivity contribution in [2.24, 2.45) is 0 Å². The van der Waals surface area contributed by atoms with Crippen LogP contribution in [-0.2, 0) is 4.79 Å². The van der Waals surface area contributed by atoms with Gasteiger partial charge in [0.05, 0.1) is 7.47 Å². The fourth-order valence-electron chi connectivity index (χ4n) is 1.01. The molecular weight excluding hydrogens is 164 g/mol. The van der Waals surface area contributed by atoms with Crippen LogP contribution >= 0.6 is 0 Å². The summed E-state index contributed by atoms with van der Waals surface area (Å²) < 4.78 is 7.09. The summed E-state index contributed by atoms with van der Waals surface area (Å²) in [6.07, 6.45) is -5.16. The van der Waals surface area contributed by atoms with Crippen LogP contribution in [0.3, 0.4) is 0 Å². The molecule has 0 heterocycles. The second-order valence-corrected chi connectivity index (χ2v) is 2.59. The van der Waals surface area contributed by atoms with Gasteiger partial charge in [0, 0.05) is 12.0 Å². The standard InChI is InChI=1S/C7H10O5/c8-4-1-3(7(11)12)2-5(9)6(4)10/h1,4-6,8-10H,2H2,(H,11,12)/t4-,5-,6-/m1/s1/i6D. The zero-order valence-electron chi connectivity index (χ0n) is 7.14. The molecule has 0 aromatic carbocycles. The molecule has 0 bridgehead atoms. The topological polar surface area (TPSA) is 98.0 Å². The van der Waals surface area contributed by atoms with Crippen molar-refractivity contribution in [3.05, 3.63) is 11.6 Å². The van der Waals surface area contributed by atoms with Crippen LogP contribution in [0.25, 0.3) is 0 Å². The van der Waals surface area contributed by atoms with Gasteiger partial charge in [-0.05, 0) is 6.08 Å². The van der Waals surface area contributed by atoms with Gasteiger partial charge in [0.2, 0.25) is 0 Å². The molecule has 1 aliphatic rings. The summed E-state index contributed by atoms with van der Waals surface area (Å²) in [6, 6.07) is 0.